The van der Waals surface area contributed by atoms with Gasteiger partial charge in [0.25, 0.3) is 0 Å². The van der Waals surface area contributed by atoms with E-state index in [4.69, 9.17) is 0 Å². The fourth-order valence-corrected chi connectivity index (χ4v) is 3.55. The minimum absolute atomic E-state index is 0.0789. The summed E-state index contributed by atoms with van der Waals surface area (Å²) in [5.41, 5.74) is 2.21. The number of amides is 1. The second-order valence-electron chi connectivity index (χ2n) is 5.45. The van der Waals surface area contributed by atoms with Gasteiger partial charge in [0, 0.05) is 36.5 Å². The standard InChI is InChI=1S/C17H23N3OS2/c1-13(20(3)16-7-5-4-6-8-16)9-18-17(21)12-22-10-15-11-23-14(2)19-15/h4-8,11,13H,9-10,12H2,1-3H3,(H,18,21)/t13-/m1/s1. The van der Waals surface area contributed by atoms with Crippen molar-refractivity contribution in [1.29, 1.82) is 0 Å². The second kappa shape index (κ2) is 8.93. The number of hydrogen-bond donors (Lipinski definition) is 1. The number of thioether (sulfide) groups is 1. The lowest BCUT2D eigenvalue weighted by atomic mass is 10.2. The Balaban J connectivity index is 1.67. The molecule has 4 nitrogen and oxygen atoms in total. The fraction of sp³-hybridized carbons (Fsp3) is 0.412. The molecular weight excluding hydrogens is 326 g/mol. The van der Waals surface area contributed by atoms with Crippen LogP contribution >= 0.6 is 23.1 Å². The van der Waals surface area contributed by atoms with E-state index in [9.17, 15) is 4.79 Å². The van der Waals surface area contributed by atoms with Crippen molar-refractivity contribution in [2.75, 3.05) is 24.2 Å². The molecule has 1 heterocycles. The molecule has 0 bridgehead atoms. The number of aryl methyl sites for hydroxylation is 1. The first-order chi connectivity index (χ1) is 11.1. The van der Waals surface area contributed by atoms with Crippen LogP contribution in [0.2, 0.25) is 0 Å². The lowest BCUT2D eigenvalue weighted by Crippen LogP contribution is -2.40. The van der Waals surface area contributed by atoms with E-state index in [-0.39, 0.29) is 11.9 Å². The maximum absolute atomic E-state index is 11.9. The van der Waals surface area contributed by atoms with Gasteiger partial charge in [-0.2, -0.15) is 0 Å². The molecule has 0 unspecified atom stereocenters. The van der Waals surface area contributed by atoms with E-state index in [1.807, 2.05) is 32.2 Å². The van der Waals surface area contributed by atoms with Crippen LogP contribution in [0.4, 0.5) is 5.69 Å². The molecule has 0 radical (unpaired) electrons. The van der Waals surface area contributed by atoms with Crippen molar-refractivity contribution < 1.29 is 4.79 Å². The molecule has 1 amide bonds. The third-order valence-corrected chi connectivity index (χ3v) is 5.36. The highest BCUT2D eigenvalue weighted by Gasteiger charge is 2.11. The average Bonchev–Trinajstić information content (AvgIpc) is 2.98. The summed E-state index contributed by atoms with van der Waals surface area (Å²) >= 11 is 3.25. The molecule has 23 heavy (non-hydrogen) atoms. The first kappa shape index (κ1) is 17.8. The molecule has 0 aliphatic heterocycles. The van der Waals surface area contributed by atoms with Crippen molar-refractivity contribution in [3.63, 3.8) is 0 Å². The molecule has 1 aromatic heterocycles. The molecule has 2 rings (SSSR count). The van der Waals surface area contributed by atoms with E-state index in [2.05, 4.69) is 39.6 Å². The van der Waals surface area contributed by atoms with Crippen LogP contribution in [0.25, 0.3) is 0 Å². The van der Waals surface area contributed by atoms with E-state index in [1.54, 1.807) is 23.1 Å². The Bertz CT molecular complexity index is 615. The highest BCUT2D eigenvalue weighted by molar-refractivity contribution is 7.99. The number of benzene rings is 1. The first-order valence-electron chi connectivity index (χ1n) is 7.59. The summed E-state index contributed by atoms with van der Waals surface area (Å²) < 4.78 is 0. The second-order valence-corrected chi connectivity index (χ2v) is 7.50. The minimum atomic E-state index is 0.0789. The predicted octanol–water partition coefficient (Wildman–Crippen LogP) is 3.33. The van der Waals surface area contributed by atoms with Crippen molar-refractivity contribution in [2.24, 2.45) is 0 Å². The molecule has 0 spiro atoms. The molecule has 1 atom stereocenters. The third kappa shape index (κ3) is 5.88. The van der Waals surface area contributed by atoms with Crippen molar-refractivity contribution in [2.45, 2.75) is 25.6 Å². The number of nitrogens with one attached hydrogen (secondary N) is 1. The van der Waals surface area contributed by atoms with Gasteiger partial charge in [-0.3, -0.25) is 4.79 Å². The normalized spacial score (nSPS) is 12.0. The Hall–Kier alpha value is -1.53. The van der Waals surface area contributed by atoms with Crippen molar-refractivity contribution in [1.82, 2.24) is 10.3 Å². The van der Waals surface area contributed by atoms with Gasteiger partial charge in [0.1, 0.15) is 0 Å². The van der Waals surface area contributed by atoms with E-state index in [1.165, 1.54) is 0 Å². The zero-order chi connectivity index (χ0) is 16.7. The van der Waals surface area contributed by atoms with Gasteiger partial charge < -0.3 is 10.2 Å². The topological polar surface area (TPSA) is 45.2 Å². The molecule has 0 aliphatic carbocycles. The summed E-state index contributed by atoms with van der Waals surface area (Å²) in [4.78, 5) is 18.5. The number of hydrogen-bond acceptors (Lipinski definition) is 5. The minimum Gasteiger partial charge on any atom is -0.370 e. The van der Waals surface area contributed by atoms with E-state index in [0.717, 1.165) is 22.1 Å². The first-order valence-corrected chi connectivity index (χ1v) is 9.63. The van der Waals surface area contributed by atoms with Crippen molar-refractivity contribution in [3.05, 3.63) is 46.4 Å². The van der Waals surface area contributed by atoms with Crippen LogP contribution < -0.4 is 10.2 Å². The monoisotopic (exact) mass is 349 g/mol. The largest absolute Gasteiger partial charge is 0.370 e. The Morgan fingerprint density at radius 3 is 2.78 bits per heavy atom. The van der Waals surface area contributed by atoms with E-state index in [0.29, 0.717) is 12.3 Å². The fourth-order valence-electron chi connectivity index (χ4n) is 2.09. The van der Waals surface area contributed by atoms with Gasteiger partial charge in [0.15, 0.2) is 0 Å². The van der Waals surface area contributed by atoms with Gasteiger partial charge in [-0.15, -0.1) is 23.1 Å². The van der Waals surface area contributed by atoms with Gasteiger partial charge in [-0.05, 0) is 26.0 Å². The molecule has 0 aliphatic rings. The number of rotatable bonds is 8. The molecule has 124 valence electrons. The highest BCUT2D eigenvalue weighted by Crippen LogP contribution is 2.15. The number of para-hydroxylation sites is 1. The van der Waals surface area contributed by atoms with Gasteiger partial charge in [0.05, 0.1) is 16.5 Å². The number of thiazole rings is 1. The van der Waals surface area contributed by atoms with Crippen LogP contribution in [0.3, 0.4) is 0 Å². The SMILES string of the molecule is Cc1nc(CSCC(=O)NC[C@@H](C)N(C)c2ccccc2)cs1. The summed E-state index contributed by atoms with van der Waals surface area (Å²) in [5.74, 6) is 1.34. The Morgan fingerprint density at radius 1 is 1.39 bits per heavy atom. The Morgan fingerprint density at radius 2 is 2.13 bits per heavy atom. The van der Waals surface area contributed by atoms with Gasteiger partial charge in [-0.1, -0.05) is 18.2 Å². The lowest BCUT2D eigenvalue weighted by Gasteiger charge is -2.27. The number of carbonyl (C=O) groups excluding carboxylic acids is 1. The van der Waals surface area contributed by atoms with Crippen LogP contribution in [-0.2, 0) is 10.5 Å². The van der Waals surface area contributed by atoms with Crippen molar-refractivity contribution in [3.8, 4) is 0 Å². The number of carbonyl (C=O) groups is 1. The summed E-state index contributed by atoms with van der Waals surface area (Å²) in [5, 5.41) is 6.13. The highest BCUT2D eigenvalue weighted by atomic mass is 32.2. The predicted molar refractivity (Wildman–Crippen MR) is 100 cm³/mol. The molecule has 0 fully saturated rings. The Labute approximate surface area is 146 Å². The number of anilines is 1. The molecule has 1 aromatic carbocycles. The van der Waals surface area contributed by atoms with E-state index >= 15 is 0 Å². The van der Waals surface area contributed by atoms with Crippen molar-refractivity contribution >= 4 is 34.7 Å². The summed E-state index contributed by atoms with van der Waals surface area (Å²) in [7, 11) is 2.05. The molecular formula is C17H23N3OS2. The smallest absolute Gasteiger partial charge is 0.230 e. The Kier molecular flexibility index (Phi) is 6.92. The maximum Gasteiger partial charge on any atom is 0.230 e. The summed E-state index contributed by atoms with van der Waals surface area (Å²) in [6.45, 7) is 4.75. The zero-order valence-electron chi connectivity index (χ0n) is 13.8. The number of aromatic nitrogens is 1. The van der Waals surface area contributed by atoms with Gasteiger partial charge in [-0.25, -0.2) is 4.98 Å². The molecule has 2 aromatic rings. The van der Waals surface area contributed by atoms with Gasteiger partial charge >= 0.3 is 0 Å². The maximum atomic E-state index is 11.9. The lowest BCUT2D eigenvalue weighted by molar-refractivity contribution is -0.118. The third-order valence-electron chi connectivity index (χ3n) is 3.57. The molecule has 0 saturated heterocycles. The van der Waals surface area contributed by atoms with E-state index < -0.39 is 0 Å². The molecule has 1 N–H and O–H groups in total. The summed E-state index contributed by atoms with van der Waals surface area (Å²) in [6.07, 6.45) is 0. The van der Waals surface area contributed by atoms with Crippen LogP contribution in [-0.4, -0.2) is 36.3 Å². The average molecular weight is 350 g/mol. The quantitative estimate of drug-likeness (QED) is 0.794. The molecule has 6 heteroatoms. The van der Waals surface area contributed by atoms with Gasteiger partial charge in [0.2, 0.25) is 5.91 Å². The number of nitrogens with zero attached hydrogens (tertiary/aromatic N) is 2. The molecule has 0 saturated carbocycles. The summed E-state index contributed by atoms with van der Waals surface area (Å²) in [6, 6.07) is 10.4. The number of likely N-dealkylation sites (N-methyl/N-ethyl adjacent to an activating group) is 1. The van der Waals surface area contributed by atoms with Crippen LogP contribution in [0, 0.1) is 6.92 Å². The van der Waals surface area contributed by atoms with Crippen LogP contribution in [0.15, 0.2) is 35.7 Å². The van der Waals surface area contributed by atoms with Crippen LogP contribution in [0.5, 0.6) is 0 Å². The zero-order valence-corrected chi connectivity index (χ0v) is 15.4. The van der Waals surface area contributed by atoms with Crippen LogP contribution in [0.1, 0.15) is 17.6 Å².